The number of nitrogens with one attached hydrogen (secondary N) is 1. The van der Waals surface area contributed by atoms with Crippen molar-refractivity contribution in [2.45, 2.75) is 0 Å². The van der Waals surface area contributed by atoms with Crippen LogP contribution < -0.4 is 5.32 Å². The van der Waals surface area contributed by atoms with Gasteiger partial charge in [-0.15, -0.1) is 0 Å². The van der Waals surface area contributed by atoms with E-state index in [1.165, 1.54) is 0 Å². The van der Waals surface area contributed by atoms with Gasteiger partial charge in [0.05, 0.1) is 11.3 Å². The average molecular weight is 548 g/mol. The second-order valence-corrected chi connectivity index (χ2v) is 9.23. The molecule has 180 valence electrons. The number of carbonyl (C=O) groups is 2. The van der Waals surface area contributed by atoms with Gasteiger partial charge in [0.25, 0.3) is 5.91 Å². The van der Waals surface area contributed by atoms with Gasteiger partial charge in [-0.3, -0.25) is 9.59 Å². The first-order valence-electron chi connectivity index (χ1n) is 11.7. The fraction of sp³-hybridized carbons (Fsp3) is 0. The van der Waals surface area contributed by atoms with Crippen LogP contribution in [0.15, 0.2) is 126 Å². The van der Waals surface area contributed by atoms with E-state index in [0.29, 0.717) is 22.5 Å². The highest BCUT2D eigenvalue weighted by molar-refractivity contribution is 9.10. The molecule has 1 heterocycles. The van der Waals surface area contributed by atoms with Crippen LogP contribution in [0.25, 0.3) is 23.0 Å². The van der Waals surface area contributed by atoms with Crippen LogP contribution in [-0.4, -0.2) is 21.5 Å². The van der Waals surface area contributed by atoms with Gasteiger partial charge in [0, 0.05) is 27.5 Å². The Bertz CT molecular complexity index is 1560. The number of nitrogens with zero attached hydrogens (tertiary/aromatic N) is 2. The molecule has 5 nitrogen and oxygen atoms in total. The molecule has 0 fully saturated rings. The fourth-order valence-corrected chi connectivity index (χ4v) is 4.08. The Kier molecular flexibility index (Phi) is 7.19. The molecule has 0 saturated carbocycles. The molecule has 37 heavy (non-hydrogen) atoms. The second kappa shape index (κ2) is 11.0. The van der Waals surface area contributed by atoms with Crippen LogP contribution >= 0.6 is 15.9 Å². The molecule has 5 rings (SSSR count). The quantitative estimate of drug-likeness (QED) is 0.170. The number of hydrogen-bond acceptors (Lipinski definition) is 3. The summed E-state index contributed by atoms with van der Waals surface area (Å²) < 4.78 is 2.69. The van der Waals surface area contributed by atoms with Gasteiger partial charge >= 0.3 is 0 Å². The number of amides is 1. The Morgan fingerprint density at radius 2 is 1.43 bits per heavy atom. The van der Waals surface area contributed by atoms with Crippen LogP contribution in [0.1, 0.15) is 26.3 Å². The van der Waals surface area contributed by atoms with E-state index < -0.39 is 0 Å². The molecule has 4 aromatic carbocycles. The highest BCUT2D eigenvalue weighted by atomic mass is 79.9. The third-order valence-electron chi connectivity index (χ3n) is 5.75. The summed E-state index contributed by atoms with van der Waals surface area (Å²) in [7, 11) is 0. The van der Waals surface area contributed by atoms with Gasteiger partial charge in [-0.1, -0.05) is 82.7 Å². The van der Waals surface area contributed by atoms with E-state index in [9.17, 15) is 9.59 Å². The summed E-state index contributed by atoms with van der Waals surface area (Å²) in [5.74, 6) is -0.397. The van der Waals surface area contributed by atoms with Crippen LogP contribution in [0.4, 0.5) is 5.69 Å². The van der Waals surface area contributed by atoms with E-state index in [2.05, 4.69) is 21.2 Å². The summed E-state index contributed by atoms with van der Waals surface area (Å²) in [5.41, 5.74) is 4.81. The monoisotopic (exact) mass is 547 g/mol. The van der Waals surface area contributed by atoms with Gasteiger partial charge in [-0.05, 0) is 60.2 Å². The largest absolute Gasteiger partial charge is 0.322 e. The summed E-state index contributed by atoms with van der Waals surface area (Å²) >= 11 is 3.40. The number of anilines is 1. The first-order valence-corrected chi connectivity index (χ1v) is 12.5. The SMILES string of the molecule is O=C(/C=C/c1ccc(Br)cc1)c1ccc(NC(=O)c2cn(-c3ccccc3)nc2-c2ccccc2)cc1. The van der Waals surface area contributed by atoms with Crippen molar-refractivity contribution in [2.24, 2.45) is 0 Å². The van der Waals surface area contributed by atoms with Crippen LogP contribution in [0.3, 0.4) is 0 Å². The van der Waals surface area contributed by atoms with Gasteiger partial charge in [0.1, 0.15) is 5.69 Å². The number of ketones is 1. The third kappa shape index (κ3) is 5.82. The molecule has 5 aromatic rings. The highest BCUT2D eigenvalue weighted by Crippen LogP contribution is 2.25. The predicted octanol–water partition coefficient (Wildman–Crippen LogP) is 7.45. The molecular weight excluding hydrogens is 526 g/mol. The smallest absolute Gasteiger partial charge is 0.259 e. The topological polar surface area (TPSA) is 64.0 Å². The zero-order valence-electron chi connectivity index (χ0n) is 19.7. The normalized spacial score (nSPS) is 10.9. The molecule has 0 aliphatic heterocycles. The van der Waals surface area contributed by atoms with Crippen LogP contribution in [0.5, 0.6) is 0 Å². The van der Waals surface area contributed by atoms with E-state index in [1.54, 1.807) is 47.3 Å². The van der Waals surface area contributed by atoms with Crippen molar-refractivity contribution >= 4 is 39.4 Å². The standard InChI is InChI=1S/C31H22BrN3O2/c32-25-16-11-22(12-17-25)13-20-29(36)23-14-18-26(19-15-23)33-31(37)28-21-35(27-9-5-2-6-10-27)34-30(28)24-7-3-1-4-8-24/h1-21H,(H,33,37)/b20-13+. The minimum absolute atomic E-state index is 0.115. The highest BCUT2D eigenvalue weighted by Gasteiger charge is 2.19. The number of halogens is 1. The lowest BCUT2D eigenvalue weighted by Gasteiger charge is -2.06. The summed E-state index contributed by atoms with van der Waals surface area (Å²) in [6.07, 6.45) is 5.05. The second-order valence-electron chi connectivity index (χ2n) is 8.32. The lowest BCUT2D eigenvalue weighted by Crippen LogP contribution is -2.12. The number of rotatable bonds is 7. The molecule has 0 radical (unpaired) electrons. The van der Waals surface area contributed by atoms with Gasteiger partial charge in [0.2, 0.25) is 0 Å². The van der Waals surface area contributed by atoms with Crippen molar-refractivity contribution in [1.29, 1.82) is 0 Å². The number of para-hydroxylation sites is 1. The maximum absolute atomic E-state index is 13.3. The summed E-state index contributed by atoms with van der Waals surface area (Å²) in [6.45, 7) is 0. The molecule has 0 unspecified atom stereocenters. The van der Waals surface area contributed by atoms with E-state index in [1.807, 2.05) is 84.9 Å². The lowest BCUT2D eigenvalue weighted by atomic mass is 10.1. The van der Waals surface area contributed by atoms with Crippen molar-refractivity contribution < 1.29 is 9.59 Å². The number of benzene rings is 4. The van der Waals surface area contributed by atoms with Gasteiger partial charge in [-0.25, -0.2) is 4.68 Å². The molecule has 0 aliphatic rings. The Hall–Kier alpha value is -4.55. The number of carbonyl (C=O) groups excluding carboxylic acids is 2. The van der Waals surface area contributed by atoms with Gasteiger partial charge in [-0.2, -0.15) is 5.10 Å². The van der Waals surface area contributed by atoms with Crippen molar-refractivity contribution in [1.82, 2.24) is 9.78 Å². The molecule has 1 amide bonds. The molecule has 1 N–H and O–H groups in total. The van der Waals surface area contributed by atoms with Crippen molar-refractivity contribution in [3.8, 4) is 16.9 Å². The van der Waals surface area contributed by atoms with Crippen molar-refractivity contribution in [2.75, 3.05) is 5.32 Å². The minimum atomic E-state index is -0.282. The van der Waals surface area contributed by atoms with Crippen LogP contribution in [0.2, 0.25) is 0 Å². The average Bonchev–Trinajstić information content (AvgIpc) is 3.40. The van der Waals surface area contributed by atoms with Crippen LogP contribution in [-0.2, 0) is 0 Å². The number of aromatic nitrogens is 2. The third-order valence-corrected chi connectivity index (χ3v) is 6.28. The number of hydrogen-bond donors (Lipinski definition) is 1. The zero-order valence-corrected chi connectivity index (χ0v) is 21.3. The maximum Gasteiger partial charge on any atom is 0.259 e. The lowest BCUT2D eigenvalue weighted by molar-refractivity contribution is 0.102. The molecule has 0 saturated heterocycles. The maximum atomic E-state index is 13.3. The van der Waals surface area contributed by atoms with E-state index >= 15 is 0 Å². The minimum Gasteiger partial charge on any atom is -0.322 e. The first kappa shape index (κ1) is 24.2. The Morgan fingerprint density at radius 3 is 2.11 bits per heavy atom. The molecule has 0 atom stereocenters. The van der Waals surface area contributed by atoms with E-state index in [-0.39, 0.29) is 11.7 Å². The van der Waals surface area contributed by atoms with Gasteiger partial charge < -0.3 is 5.32 Å². The molecule has 0 spiro atoms. The summed E-state index contributed by atoms with van der Waals surface area (Å²) in [6, 6.07) is 33.8. The van der Waals surface area contributed by atoms with Gasteiger partial charge in [0.15, 0.2) is 5.78 Å². The molecule has 6 heteroatoms. The number of allylic oxidation sites excluding steroid dienone is 1. The molecule has 1 aromatic heterocycles. The van der Waals surface area contributed by atoms with Crippen LogP contribution in [0, 0.1) is 0 Å². The Labute approximate surface area is 223 Å². The van der Waals surface area contributed by atoms with Crippen molar-refractivity contribution in [3.05, 3.63) is 143 Å². The molecule has 0 aliphatic carbocycles. The Morgan fingerprint density at radius 1 is 0.784 bits per heavy atom. The summed E-state index contributed by atoms with van der Waals surface area (Å²) in [4.78, 5) is 25.9. The fourth-order valence-electron chi connectivity index (χ4n) is 3.82. The molecule has 0 bridgehead atoms. The van der Waals surface area contributed by atoms with E-state index in [0.717, 1.165) is 21.3 Å². The molecular formula is C31H22BrN3O2. The predicted molar refractivity (Wildman–Crippen MR) is 151 cm³/mol. The van der Waals surface area contributed by atoms with E-state index in [4.69, 9.17) is 5.10 Å². The Balaban J connectivity index is 1.35. The first-order chi connectivity index (χ1) is 18.1. The zero-order chi connectivity index (χ0) is 25.6. The van der Waals surface area contributed by atoms with Crippen molar-refractivity contribution in [3.63, 3.8) is 0 Å². The summed E-state index contributed by atoms with van der Waals surface area (Å²) in [5, 5.41) is 7.64.